The van der Waals surface area contributed by atoms with E-state index in [1.165, 1.54) is 11.8 Å². The zero-order chi connectivity index (χ0) is 18.6. The predicted octanol–water partition coefficient (Wildman–Crippen LogP) is 4.95. The number of amides is 1. The third-order valence-electron chi connectivity index (χ3n) is 4.04. The number of nitrogens with one attached hydrogen (secondary N) is 1. The van der Waals surface area contributed by atoms with Crippen molar-refractivity contribution in [1.82, 2.24) is 10.3 Å². The van der Waals surface area contributed by atoms with Gasteiger partial charge in [-0.15, -0.1) is 0 Å². The third-order valence-corrected chi connectivity index (χ3v) is 4.89. The molecule has 0 aliphatic rings. The van der Waals surface area contributed by atoms with Gasteiger partial charge in [-0.25, -0.2) is 4.98 Å². The summed E-state index contributed by atoms with van der Waals surface area (Å²) in [5.41, 5.74) is 3.80. The van der Waals surface area contributed by atoms with Crippen LogP contribution < -0.4 is 5.32 Å². The molecule has 2 aromatic carbocycles. The quantitative estimate of drug-likeness (QED) is 0.481. The number of furan rings is 1. The fraction of sp³-hybridized carbons (Fsp3) is 0.143. The molecule has 2 aromatic heterocycles. The number of benzene rings is 2. The number of oxazole rings is 1. The van der Waals surface area contributed by atoms with E-state index in [1.807, 2.05) is 55.5 Å². The van der Waals surface area contributed by atoms with Gasteiger partial charge in [0.25, 0.3) is 11.1 Å². The van der Waals surface area contributed by atoms with Gasteiger partial charge < -0.3 is 14.2 Å². The molecule has 4 rings (SSSR count). The van der Waals surface area contributed by atoms with E-state index in [-0.39, 0.29) is 5.91 Å². The SMILES string of the molecule is Cc1ccc2oc(SCc3ccc(C(=O)NCc4ccccc4)o3)nc2c1. The molecule has 4 aromatic rings. The maximum Gasteiger partial charge on any atom is 0.287 e. The number of aromatic nitrogens is 1. The Morgan fingerprint density at radius 1 is 1.07 bits per heavy atom. The number of fused-ring (bicyclic) bond motifs is 1. The Labute approximate surface area is 160 Å². The molecule has 2 heterocycles. The van der Waals surface area contributed by atoms with E-state index in [4.69, 9.17) is 8.83 Å². The number of rotatable bonds is 6. The van der Waals surface area contributed by atoms with Gasteiger partial charge in [0.1, 0.15) is 11.3 Å². The van der Waals surface area contributed by atoms with Crippen LogP contribution in [0.5, 0.6) is 0 Å². The van der Waals surface area contributed by atoms with Crippen molar-refractivity contribution in [2.75, 3.05) is 0 Å². The van der Waals surface area contributed by atoms with Crippen molar-refractivity contribution in [1.29, 1.82) is 0 Å². The molecule has 1 N–H and O–H groups in total. The highest BCUT2D eigenvalue weighted by Crippen LogP contribution is 2.27. The van der Waals surface area contributed by atoms with Gasteiger partial charge in [-0.2, -0.15) is 0 Å². The maximum absolute atomic E-state index is 12.2. The molecule has 0 spiro atoms. The van der Waals surface area contributed by atoms with Crippen molar-refractivity contribution in [3.8, 4) is 0 Å². The lowest BCUT2D eigenvalue weighted by Gasteiger charge is -2.03. The Morgan fingerprint density at radius 2 is 1.93 bits per heavy atom. The van der Waals surface area contributed by atoms with Crippen molar-refractivity contribution in [2.24, 2.45) is 0 Å². The van der Waals surface area contributed by atoms with Crippen LogP contribution in [0, 0.1) is 6.92 Å². The Bertz CT molecular complexity index is 1070. The molecule has 0 aliphatic heterocycles. The molecule has 136 valence electrons. The van der Waals surface area contributed by atoms with Gasteiger partial charge in [0, 0.05) is 6.54 Å². The molecular weight excluding hydrogens is 360 g/mol. The van der Waals surface area contributed by atoms with Gasteiger partial charge in [0.2, 0.25) is 0 Å². The highest BCUT2D eigenvalue weighted by molar-refractivity contribution is 7.98. The molecule has 27 heavy (non-hydrogen) atoms. The van der Waals surface area contributed by atoms with Gasteiger partial charge in [0.15, 0.2) is 11.3 Å². The zero-order valence-electron chi connectivity index (χ0n) is 14.8. The summed E-state index contributed by atoms with van der Waals surface area (Å²) < 4.78 is 11.4. The zero-order valence-corrected chi connectivity index (χ0v) is 15.6. The Balaban J connectivity index is 1.35. The number of carbonyl (C=O) groups is 1. The van der Waals surface area contributed by atoms with Crippen LogP contribution in [0.2, 0.25) is 0 Å². The first-order valence-corrected chi connectivity index (χ1v) is 9.57. The van der Waals surface area contributed by atoms with E-state index in [9.17, 15) is 4.79 Å². The van der Waals surface area contributed by atoms with Gasteiger partial charge in [-0.05, 0) is 42.3 Å². The Hall–Kier alpha value is -2.99. The summed E-state index contributed by atoms with van der Waals surface area (Å²) in [5.74, 6) is 1.31. The average molecular weight is 378 g/mol. The van der Waals surface area contributed by atoms with E-state index in [1.54, 1.807) is 12.1 Å². The average Bonchev–Trinajstić information content (AvgIpc) is 3.31. The summed E-state index contributed by atoms with van der Waals surface area (Å²) >= 11 is 1.44. The molecule has 0 fully saturated rings. The topological polar surface area (TPSA) is 68.3 Å². The maximum atomic E-state index is 12.2. The van der Waals surface area contributed by atoms with Crippen molar-refractivity contribution in [3.05, 3.63) is 83.3 Å². The molecule has 1 amide bonds. The minimum absolute atomic E-state index is 0.229. The fourth-order valence-electron chi connectivity index (χ4n) is 2.65. The molecule has 6 heteroatoms. The molecule has 0 atom stereocenters. The van der Waals surface area contributed by atoms with Crippen LogP contribution in [0.4, 0.5) is 0 Å². The molecule has 0 bridgehead atoms. The molecule has 5 nitrogen and oxygen atoms in total. The van der Waals surface area contributed by atoms with Crippen LogP contribution in [0.15, 0.2) is 74.7 Å². The third kappa shape index (κ3) is 4.23. The lowest BCUT2D eigenvalue weighted by molar-refractivity contribution is 0.0922. The lowest BCUT2D eigenvalue weighted by Crippen LogP contribution is -2.22. The van der Waals surface area contributed by atoms with E-state index < -0.39 is 0 Å². The number of hydrogen-bond donors (Lipinski definition) is 1. The molecule has 0 radical (unpaired) electrons. The van der Waals surface area contributed by atoms with Gasteiger partial charge >= 0.3 is 0 Å². The molecule has 0 saturated heterocycles. The first-order chi connectivity index (χ1) is 13.2. The van der Waals surface area contributed by atoms with E-state index >= 15 is 0 Å². The summed E-state index contributed by atoms with van der Waals surface area (Å²) in [5, 5.41) is 3.44. The Kier molecular flexibility index (Phi) is 4.98. The Morgan fingerprint density at radius 3 is 2.78 bits per heavy atom. The highest BCUT2D eigenvalue weighted by atomic mass is 32.2. The number of hydrogen-bond acceptors (Lipinski definition) is 5. The number of nitrogens with zero attached hydrogens (tertiary/aromatic N) is 1. The molecule has 0 unspecified atom stereocenters. The second kappa shape index (κ2) is 7.72. The standard InChI is InChI=1S/C21H18N2O3S/c1-14-7-9-18-17(11-14)23-21(26-18)27-13-16-8-10-19(25-16)20(24)22-12-15-5-3-2-4-6-15/h2-11H,12-13H2,1H3,(H,22,24). The van der Waals surface area contributed by atoms with Crippen molar-refractivity contribution in [2.45, 2.75) is 24.4 Å². The van der Waals surface area contributed by atoms with Crippen LogP contribution in [-0.4, -0.2) is 10.9 Å². The first kappa shape index (κ1) is 17.4. The van der Waals surface area contributed by atoms with E-state index in [2.05, 4.69) is 10.3 Å². The van der Waals surface area contributed by atoms with Crippen LogP contribution >= 0.6 is 11.8 Å². The van der Waals surface area contributed by atoms with E-state index in [0.29, 0.717) is 29.0 Å². The van der Waals surface area contributed by atoms with Crippen LogP contribution in [0.3, 0.4) is 0 Å². The van der Waals surface area contributed by atoms with E-state index in [0.717, 1.165) is 22.2 Å². The van der Waals surface area contributed by atoms with Crippen LogP contribution in [0.25, 0.3) is 11.1 Å². The fourth-order valence-corrected chi connectivity index (χ4v) is 3.39. The second-order valence-corrected chi connectivity index (χ2v) is 7.10. The summed E-state index contributed by atoms with van der Waals surface area (Å²) in [6.45, 7) is 2.49. The highest BCUT2D eigenvalue weighted by Gasteiger charge is 2.13. The minimum atomic E-state index is -0.229. The predicted molar refractivity (Wildman–Crippen MR) is 105 cm³/mol. The molecular formula is C21H18N2O3S. The van der Waals surface area contributed by atoms with Gasteiger partial charge in [-0.3, -0.25) is 4.79 Å². The van der Waals surface area contributed by atoms with Crippen LogP contribution in [-0.2, 0) is 12.3 Å². The monoisotopic (exact) mass is 378 g/mol. The lowest BCUT2D eigenvalue weighted by atomic mass is 10.2. The van der Waals surface area contributed by atoms with Gasteiger partial charge in [0.05, 0.1) is 5.75 Å². The molecule has 0 saturated carbocycles. The normalized spacial score (nSPS) is 11.0. The summed E-state index contributed by atoms with van der Waals surface area (Å²) in [7, 11) is 0. The van der Waals surface area contributed by atoms with Crippen molar-refractivity contribution >= 4 is 28.8 Å². The number of thioether (sulfide) groups is 1. The smallest absolute Gasteiger partial charge is 0.287 e. The summed E-state index contributed by atoms with van der Waals surface area (Å²) in [4.78, 5) is 16.7. The largest absolute Gasteiger partial charge is 0.455 e. The van der Waals surface area contributed by atoms with Crippen LogP contribution in [0.1, 0.15) is 27.4 Å². The minimum Gasteiger partial charge on any atom is -0.455 e. The van der Waals surface area contributed by atoms with Crippen molar-refractivity contribution in [3.63, 3.8) is 0 Å². The first-order valence-electron chi connectivity index (χ1n) is 8.58. The van der Waals surface area contributed by atoms with Crippen molar-refractivity contribution < 1.29 is 13.6 Å². The second-order valence-electron chi connectivity index (χ2n) is 6.17. The summed E-state index contributed by atoms with van der Waals surface area (Å²) in [6, 6.07) is 19.2. The number of carbonyl (C=O) groups excluding carboxylic acids is 1. The summed E-state index contributed by atoms with van der Waals surface area (Å²) in [6.07, 6.45) is 0. The number of aryl methyl sites for hydroxylation is 1. The van der Waals surface area contributed by atoms with Gasteiger partial charge in [-0.1, -0.05) is 48.2 Å². The molecule has 0 aliphatic carbocycles.